The van der Waals surface area contributed by atoms with Crippen molar-refractivity contribution in [3.63, 3.8) is 0 Å². The van der Waals surface area contributed by atoms with E-state index in [0.717, 1.165) is 32.1 Å². The van der Waals surface area contributed by atoms with Gasteiger partial charge in [0.2, 0.25) is 18.1 Å². The number of carbonyl (C=O) groups is 3. The molecule has 4 rings (SSSR count). The van der Waals surface area contributed by atoms with Crippen LogP contribution in [-0.4, -0.2) is 136 Å². The molecule has 3 fully saturated rings. The van der Waals surface area contributed by atoms with E-state index >= 15 is 0 Å². The second-order valence-corrected chi connectivity index (χ2v) is 14.2. The lowest BCUT2D eigenvalue weighted by molar-refractivity contribution is -0.316. The van der Waals surface area contributed by atoms with Gasteiger partial charge in [-0.25, -0.2) is 4.79 Å². The first-order valence-electron chi connectivity index (χ1n) is 18.1. The SMILES string of the molecule is CCC1CC(C(=O)NCCN)C[C@@H](O[C@@H]2OC(CO)[C@H](O)C(O[C@@H](CC3CCCCC3)C(=O)O)C2NC(C)=O)C1OC1O[C@@H](C)C(O)C(O)=C1O. The Balaban J connectivity index is 1.68. The van der Waals surface area contributed by atoms with Crippen molar-refractivity contribution in [2.24, 2.45) is 23.5 Å². The van der Waals surface area contributed by atoms with Crippen LogP contribution in [0, 0.1) is 17.8 Å². The number of hydrogen-bond acceptors (Lipinski definition) is 14. The van der Waals surface area contributed by atoms with Crippen LogP contribution in [0.5, 0.6) is 0 Å². The zero-order valence-corrected chi connectivity index (χ0v) is 29.6. The smallest absolute Gasteiger partial charge is 0.332 e. The molecule has 1 saturated heterocycles. The highest BCUT2D eigenvalue weighted by molar-refractivity contribution is 5.78. The number of aliphatic hydroxyl groups excluding tert-OH is 5. The number of rotatable bonds is 15. The van der Waals surface area contributed by atoms with Crippen molar-refractivity contribution < 1.29 is 68.7 Å². The lowest BCUT2D eigenvalue weighted by Crippen LogP contribution is -2.67. The van der Waals surface area contributed by atoms with Crippen LogP contribution in [-0.2, 0) is 38.1 Å². The molecule has 2 heterocycles. The molecule has 0 radical (unpaired) electrons. The van der Waals surface area contributed by atoms with E-state index in [2.05, 4.69) is 10.6 Å². The fourth-order valence-corrected chi connectivity index (χ4v) is 7.70. The lowest BCUT2D eigenvalue weighted by atomic mass is 9.75. The minimum absolute atomic E-state index is 0.0445. The maximum absolute atomic E-state index is 13.3. The Kier molecular flexibility index (Phi) is 15.3. The Morgan fingerprint density at radius 1 is 1.02 bits per heavy atom. The zero-order chi connectivity index (χ0) is 37.4. The number of carbonyl (C=O) groups excluding carboxylic acids is 2. The van der Waals surface area contributed by atoms with Crippen LogP contribution >= 0.6 is 0 Å². The summed E-state index contributed by atoms with van der Waals surface area (Å²) in [4.78, 5) is 38.3. The molecule has 8 unspecified atom stereocenters. The number of carboxylic acid groups (broad SMARTS) is 1. The van der Waals surface area contributed by atoms with Gasteiger partial charge >= 0.3 is 5.97 Å². The van der Waals surface area contributed by atoms with Gasteiger partial charge in [0, 0.05) is 25.9 Å². The van der Waals surface area contributed by atoms with Crippen molar-refractivity contribution in [1.82, 2.24) is 10.6 Å². The van der Waals surface area contributed by atoms with Crippen LogP contribution in [0.1, 0.15) is 78.6 Å². The monoisotopic (exact) mass is 731 g/mol. The van der Waals surface area contributed by atoms with Gasteiger partial charge in [0.1, 0.15) is 30.5 Å². The quantitative estimate of drug-likeness (QED) is 0.108. The van der Waals surface area contributed by atoms with Crippen molar-refractivity contribution in [3.05, 3.63) is 11.5 Å². The molecule has 4 aliphatic rings. The van der Waals surface area contributed by atoms with E-state index in [1.54, 1.807) is 0 Å². The molecule has 0 bridgehead atoms. The van der Waals surface area contributed by atoms with Gasteiger partial charge in [0.25, 0.3) is 0 Å². The standard InChI is InChI=1S/C34H57N3O14/c1-4-19-13-20(31(44)36-11-10-35)14-21(29(19)51-34-28(43)27(42)25(40)16(2)47-34)49-33-24(37-17(3)39)30(26(41)23(15-38)50-33)48-22(32(45)46)12-18-8-6-5-7-9-18/h16,18-26,29-30,33-34,38,40-43H,4-15,35H2,1-3H3,(H,36,44)(H,37,39)(H,45,46)/t16-,19?,20?,21+,22-,23?,24?,25?,26-,29?,30?,33+,34?/m0/s1. The summed E-state index contributed by atoms with van der Waals surface area (Å²) in [6, 6.07) is -1.28. The Bertz CT molecular complexity index is 1200. The first-order valence-corrected chi connectivity index (χ1v) is 18.1. The third-order valence-corrected chi connectivity index (χ3v) is 10.5. The zero-order valence-electron chi connectivity index (χ0n) is 29.6. The molecular weight excluding hydrogens is 674 g/mol. The molecule has 51 heavy (non-hydrogen) atoms. The molecule has 2 saturated carbocycles. The normalized spacial score (nSPS) is 37.1. The van der Waals surface area contributed by atoms with E-state index in [9.17, 15) is 45.0 Å². The van der Waals surface area contributed by atoms with E-state index in [1.807, 2.05) is 6.92 Å². The fourth-order valence-electron chi connectivity index (χ4n) is 7.70. The first-order chi connectivity index (χ1) is 24.3. The van der Waals surface area contributed by atoms with Crippen LogP contribution in [0.3, 0.4) is 0 Å². The van der Waals surface area contributed by atoms with Gasteiger partial charge < -0.3 is 70.7 Å². The fraction of sp³-hybridized carbons (Fsp3) is 0.853. The predicted molar refractivity (Wildman–Crippen MR) is 178 cm³/mol. The Morgan fingerprint density at radius 3 is 2.33 bits per heavy atom. The summed E-state index contributed by atoms with van der Waals surface area (Å²) in [5.74, 6) is -4.40. The Hall–Kier alpha value is -2.61. The van der Waals surface area contributed by atoms with Gasteiger partial charge in [-0.2, -0.15) is 0 Å². The van der Waals surface area contributed by atoms with Crippen molar-refractivity contribution in [3.8, 4) is 0 Å². The largest absolute Gasteiger partial charge is 0.506 e. The number of aliphatic hydroxyl groups is 5. The van der Waals surface area contributed by atoms with Gasteiger partial charge in [-0.1, -0.05) is 45.4 Å². The number of aliphatic carboxylic acids is 1. The Morgan fingerprint density at radius 2 is 1.73 bits per heavy atom. The van der Waals surface area contributed by atoms with E-state index in [1.165, 1.54) is 13.8 Å². The highest BCUT2D eigenvalue weighted by Gasteiger charge is 2.52. The number of ether oxygens (including phenoxy) is 5. The van der Waals surface area contributed by atoms with Crippen LogP contribution in [0.25, 0.3) is 0 Å². The summed E-state index contributed by atoms with van der Waals surface area (Å²) in [7, 11) is 0. The average molecular weight is 732 g/mol. The minimum Gasteiger partial charge on any atom is -0.506 e. The van der Waals surface area contributed by atoms with Gasteiger partial charge in [0.15, 0.2) is 23.9 Å². The number of amides is 2. The highest BCUT2D eigenvalue weighted by atomic mass is 16.7. The second-order valence-electron chi connectivity index (χ2n) is 14.2. The van der Waals surface area contributed by atoms with Crippen molar-refractivity contribution in [2.75, 3.05) is 19.7 Å². The second kappa shape index (κ2) is 18.9. The van der Waals surface area contributed by atoms with E-state index in [0.29, 0.717) is 12.8 Å². The van der Waals surface area contributed by atoms with Crippen molar-refractivity contribution in [2.45, 2.75) is 146 Å². The molecular formula is C34H57N3O14. The first kappa shape index (κ1) is 41.2. The van der Waals surface area contributed by atoms with Gasteiger partial charge in [-0.3, -0.25) is 9.59 Å². The molecule has 0 aromatic rings. The third kappa shape index (κ3) is 10.3. The van der Waals surface area contributed by atoms with Gasteiger partial charge in [-0.05, 0) is 38.0 Å². The van der Waals surface area contributed by atoms with Crippen molar-refractivity contribution in [1.29, 1.82) is 0 Å². The van der Waals surface area contributed by atoms with E-state index < -0.39 is 103 Å². The molecule has 0 spiro atoms. The third-order valence-electron chi connectivity index (χ3n) is 10.5. The average Bonchev–Trinajstić information content (AvgIpc) is 3.11. The molecule has 2 amide bonds. The molecule has 13 atom stereocenters. The summed E-state index contributed by atoms with van der Waals surface area (Å²) >= 11 is 0. The number of nitrogens with two attached hydrogens (primary N) is 1. The maximum atomic E-state index is 13.3. The minimum atomic E-state index is -1.56. The summed E-state index contributed by atoms with van der Waals surface area (Å²) in [6.07, 6.45) is -7.19. The number of carboxylic acids is 1. The van der Waals surface area contributed by atoms with Gasteiger partial charge in [-0.15, -0.1) is 0 Å². The summed E-state index contributed by atoms with van der Waals surface area (Å²) < 4.78 is 30.7. The molecule has 17 heteroatoms. The molecule has 2 aliphatic heterocycles. The van der Waals surface area contributed by atoms with Crippen LogP contribution in [0.2, 0.25) is 0 Å². The van der Waals surface area contributed by atoms with Gasteiger partial charge in [0.05, 0.1) is 24.9 Å². The van der Waals surface area contributed by atoms with E-state index in [4.69, 9.17) is 29.4 Å². The highest BCUT2D eigenvalue weighted by Crippen LogP contribution is 2.40. The number of nitrogens with one attached hydrogen (secondary N) is 2. The molecule has 0 aromatic carbocycles. The molecule has 0 aromatic heterocycles. The number of hydrogen-bond donors (Lipinski definition) is 9. The molecule has 10 N–H and O–H groups in total. The topological polar surface area (TPSA) is 269 Å². The molecule has 17 nitrogen and oxygen atoms in total. The predicted octanol–water partition coefficient (Wildman–Crippen LogP) is 0.0928. The summed E-state index contributed by atoms with van der Waals surface area (Å²) in [5, 5.41) is 68.5. The van der Waals surface area contributed by atoms with Crippen molar-refractivity contribution >= 4 is 17.8 Å². The lowest BCUT2D eigenvalue weighted by Gasteiger charge is -2.48. The molecule has 2 aliphatic carbocycles. The van der Waals surface area contributed by atoms with Crippen LogP contribution in [0.15, 0.2) is 11.5 Å². The molecule has 292 valence electrons. The van der Waals surface area contributed by atoms with Crippen LogP contribution in [0.4, 0.5) is 0 Å². The van der Waals surface area contributed by atoms with Crippen LogP contribution < -0.4 is 16.4 Å². The summed E-state index contributed by atoms with van der Waals surface area (Å²) in [5.41, 5.74) is 5.61. The summed E-state index contributed by atoms with van der Waals surface area (Å²) in [6.45, 7) is 4.34. The maximum Gasteiger partial charge on any atom is 0.332 e. The van der Waals surface area contributed by atoms with E-state index in [-0.39, 0.29) is 43.7 Å². The Labute approximate surface area is 297 Å².